The predicted molar refractivity (Wildman–Crippen MR) is 155 cm³/mol. The molecule has 4 aromatic rings. The molecule has 1 saturated carbocycles. The van der Waals surface area contributed by atoms with E-state index in [0.717, 1.165) is 18.5 Å². The van der Waals surface area contributed by atoms with Crippen LogP contribution >= 0.6 is 0 Å². The van der Waals surface area contributed by atoms with E-state index in [4.69, 9.17) is 14.9 Å². The van der Waals surface area contributed by atoms with Crippen LogP contribution in [-0.4, -0.2) is 47.5 Å². The van der Waals surface area contributed by atoms with Gasteiger partial charge in [0.25, 0.3) is 8.32 Å². The van der Waals surface area contributed by atoms with E-state index in [2.05, 4.69) is 101 Å². The standard InChI is InChI=1S/C30H37N5O3Si/c1-30(2,3)39(24-11-7-5-8-12-24,25-13-9-6-10-14-25)38-18-22-16-23(15-21(22)17-26(36)37-4)35-20-34-27-28(31)32-19-33-29(27)35/h5-14,19-23H,15-18H2,1-4H3,(H2,31,32,33)/t21-,22-,23-/m1/s1. The van der Waals surface area contributed by atoms with Crippen molar-refractivity contribution in [2.75, 3.05) is 19.5 Å². The summed E-state index contributed by atoms with van der Waals surface area (Å²) in [7, 11) is -1.26. The summed E-state index contributed by atoms with van der Waals surface area (Å²) in [6, 6.07) is 21.4. The molecule has 0 spiro atoms. The first-order valence-electron chi connectivity index (χ1n) is 13.5. The summed E-state index contributed by atoms with van der Waals surface area (Å²) in [5, 5.41) is 2.37. The van der Waals surface area contributed by atoms with Crippen LogP contribution in [0.15, 0.2) is 73.3 Å². The minimum atomic E-state index is -2.71. The monoisotopic (exact) mass is 543 g/mol. The number of hydrogen-bond donors (Lipinski definition) is 1. The van der Waals surface area contributed by atoms with Gasteiger partial charge in [-0.15, -0.1) is 0 Å². The van der Waals surface area contributed by atoms with E-state index in [-0.39, 0.29) is 28.9 Å². The summed E-state index contributed by atoms with van der Waals surface area (Å²) in [4.78, 5) is 25.5. The third-order valence-electron chi connectivity index (χ3n) is 8.18. The molecule has 2 heterocycles. The van der Waals surface area contributed by atoms with Crippen molar-refractivity contribution in [3.8, 4) is 0 Å². The van der Waals surface area contributed by atoms with Gasteiger partial charge in [0.15, 0.2) is 11.5 Å². The minimum Gasteiger partial charge on any atom is -0.469 e. The second-order valence-corrected chi connectivity index (χ2v) is 15.8. The van der Waals surface area contributed by atoms with Crippen LogP contribution in [0.4, 0.5) is 5.82 Å². The van der Waals surface area contributed by atoms with Gasteiger partial charge < -0.3 is 19.5 Å². The van der Waals surface area contributed by atoms with Gasteiger partial charge >= 0.3 is 5.97 Å². The Kier molecular flexibility index (Phi) is 7.55. The molecule has 3 atom stereocenters. The Morgan fingerprint density at radius 1 is 0.974 bits per heavy atom. The van der Waals surface area contributed by atoms with Crippen molar-refractivity contribution in [3.63, 3.8) is 0 Å². The lowest BCUT2D eigenvalue weighted by atomic mass is 9.94. The second kappa shape index (κ2) is 10.9. The molecule has 1 aliphatic rings. The molecule has 1 aliphatic carbocycles. The normalized spacial score (nSPS) is 19.8. The van der Waals surface area contributed by atoms with Gasteiger partial charge in [0.2, 0.25) is 0 Å². The maximum Gasteiger partial charge on any atom is 0.305 e. The molecule has 2 aromatic heterocycles. The molecule has 0 aliphatic heterocycles. The van der Waals surface area contributed by atoms with Crippen molar-refractivity contribution >= 4 is 41.6 Å². The third kappa shape index (κ3) is 5.08. The zero-order valence-electron chi connectivity index (χ0n) is 23.1. The molecule has 2 aromatic carbocycles. The van der Waals surface area contributed by atoms with Crippen LogP contribution in [0, 0.1) is 11.8 Å². The summed E-state index contributed by atoms with van der Waals surface area (Å²) < 4.78 is 14.5. The fourth-order valence-corrected chi connectivity index (χ4v) is 10.9. The van der Waals surface area contributed by atoms with Crippen LogP contribution in [0.2, 0.25) is 5.04 Å². The van der Waals surface area contributed by atoms with E-state index in [1.807, 2.05) is 0 Å². The highest BCUT2D eigenvalue weighted by Gasteiger charge is 2.51. The lowest BCUT2D eigenvalue weighted by Gasteiger charge is -2.44. The highest BCUT2D eigenvalue weighted by Crippen LogP contribution is 2.44. The molecule has 9 heteroatoms. The van der Waals surface area contributed by atoms with Crippen molar-refractivity contribution < 1.29 is 14.0 Å². The van der Waals surface area contributed by atoms with Crippen molar-refractivity contribution in [1.82, 2.24) is 19.5 Å². The van der Waals surface area contributed by atoms with Crippen LogP contribution in [0.3, 0.4) is 0 Å². The lowest BCUT2D eigenvalue weighted by Crippen LogP contribution is -2.67. The molecule has 39 heavy (non-hydrogen) atoms. The van der Waals surface area contributed by atoms with Gasteiger partial charge in [0, 0.05) is 19.1 Å². The van der Waals surface area contributed by atoms with E-state index in [0.29, 0.717) is 24.4 Å². The predicted octanol–water partition coefficient (Wildman–Crippen LogP) is 4.12. The number of carbonyl (C=O) groups excluding carboxylic acids is 1. The van der Waals surface area contributed by atoms with E-state index < -0.39 is 8.32 Å². The van der Waals surface area contributed by atoms with Crippen molar-refractivity contribution in [2.45, 2.75) is 51.1 Å². The number of ether oxygens (including phenoxy) is 1. The minimum absolute atomic E-state index is 0.109. The number of benzene rings is 2. The Labute approximate surface area is 230 Å². The number of methoxy groups -OCH3 is 1. The molecule has 5 rings (SSSR count). The number of hydrogen-bond acceptors (Lipinski definition) is 7. The largest absolute Gasteiger partial charge is 0.469 e. The molecule has 0 unspecified atom stereocenters. The SMILES string of the molecule is COC(=O)C[C@H]1C[C@@H](n2cnc3c(N)ncnc32)C[C@@H]1CO[Si](c1ccccc1)(c1ccccc1)C(C)(C)C. The Balaban J connectivity index is 1.50. The van der Waals surface area contributed by atoms with Crippen LogP contribution in [-0.2, 0) is 14.0 Å². The number of aromatic nitrogens is 4. The van der Waals surface area contributed by atoms with Gasteiger partial charge in [-0.1, -0.05) is 81.4 Å². The molecule has 204 valence electrons. The van der Waals surface area contributed by atoms with E-state index in [1.165, 1.54) is 23.8 Å². The third-order valence-corrected chi connectivity index (χ3v) is 13.2. The number of fused-ring (bicyclic) bond motifs is 1. The van der Waals surface area contributed by atoms with Gasteiger partial charge in [0.05, 0.1) is 13.4 Å². The van der Waals surface area contributed by atoms with E-state index in [9.17, 15) is 4.79 Å². The first-order valence-corrected chi connectivity index (χ1v) is 15.4. The van der Waals surface area contributed by atoms with Crippen molar-refractivity contribution in [3.05, 3.63) is 73.3 Å². The first-order chi connectivity index (χ1) is 18.7. The van der Waals surface area contributed by atoms with Gasteiger partial charge in [-0.25, -0.2) is 15.0 Å². The zero-order valence-corrected chi connectivity index (χ0v) is 24.1. The molecule has 8 nitrogen and oxygen atoms in total. The fourth-order valence-electron chi connectivity index (χ4n) is 6.29. The van der Waals surface area contributed by atoms with Crippen LogP contribution in [0.1, 0.15) is 46.1 Å². The van der Waals surface area contributed by atoms with Gasteiger partial charge in [-0.3, -0.25) is 4.79 Å². The quantitative estimate of drug-likeness (QED) is 0.263. The van der Waals surface area contributed by atoms with Crippen molar-refractivity contribution in [1.29, 1.82) is 0 Å². The van der Waals surface area contributed by atoms with E-state index in [1.54, 1.807) is 6.33 Å². The average molecular weight is 544 g/mol. The van der Waals surface area contributed by atoms with Crippen LogP contribution < -0.4 is 16.1 Å². The number of imidazole rings is 1. The Hall–Kier alpha value is -3.56. The van der Waals surface area contributed by atoms with Gasteiger partial charge in [-0.2, -0.15) is 0 Å². The van der Waals surface area contributed by atoms with Crippen LogP contribution in [0.5, 0.6) is 0 Å². The molecule has 0 amide bonds. The van der Waals surface area contributed by atoms with Crippen LogP contribution in [0.25, 0.3) is 11.2 Å². The second-order valence-electron chi connectivity index (χ2n) is 11.5. The summed E-state index contributed by atoms with van der Waals surface area (Å²) >= 11 is 0. The molecule has 1 fully saturated rings. The molecule has 0 saturated heterocycles. The van der Waals surface area contributed by atoms with Gasteiger partial charge in [-0.05, 0) is 40.1 Å². The van der Waals surface area contributed by atoms with E-state index >= 15 is 0 Å². The number of esters is 1. The average Bonchev–Trinajstić information content (AvgIpc) is 3.54. The Morgan fingerprint density at radius 3 is 2.18 bits per heavy atom. The summed E-state index contributed by atoms with van der Waals surface area (Å²) in [6.45, 7) is 7.40. The first kappa shape index (κ1) is 27.0. The highest BCUT2D eigenvalue weighted by atomic mass is 28.4. The molecular formula is C30H37N5O3Si. The molecule has 0 radical (unpaired) electrons. The maximum atomic E-state index is 12.5. The molecule has 0 bridgehead atoms. The smallest absolute Gasteiger partial charge is 0.305 e. The number of rotatable bonds is 8. The maximum absolute atomic E-state index is 12.5. The number of nitrogens with zero attached hydrogens (tertiary/aromatic N) is 4. The number of anilines is 1. The number of nitrogens with two attached hydrogens (primary N) is 1. The summed E-state index contributed by atoms with van der Waals surface area (Å²) in [5.74, 6) is 0.442. The Morgan fingerprint density at radius 2 is 1.59 bits per heavy atom. The molecule has 2 N–H and O–H groups in total. The highest BCUT2D eigenvalue weighted by molar-refractivity contribution is 6.99. The fraction of sp³-hybridized carbons (Fsp3) is 0.400. The number of nitrogen functional groups attached to an aromatic ring is 1. The van der Waals surface area contributed by atoms with Crippen molar-refractivity contribution in [2.24, 2.45) is 11.8 Å². The summed E-state index contributed by atoms with van der Waals surface area (Å²) in [5.41, 5.74) is 7.38. The lowest BCUT2D eigenvalue weighted by molar-refractivity contribution is -0.142. The molecular weight excluding hydrogens is 506 g/mol. The number of carbonyl (C=O) groups is 1. The zero-order chi connectivity index (χ0) is 27.6. The van der Waals surface area contributed by atoms with Gasteiger partial charge in [0.1, 0.15) is 11.8 Å². The topological polar surface area (TPSA) is 105 Å². The summed E-state index contributed by atoms with van der Waals surface area (Å²) in [6.07, 6.45) is 5.27. The Bertz CT molecular complexity index is 1380.